The number of carbonyl (C=O) groups is 1. The molecule has 0 aliphatic heterocycles. The van der Waals surface area contributed by atoms with Crippen LogP contribution in [0.15, 0.2) is 48.5 Å². The van der Waals surface area contributed by atoms with Gasteiger partial charge >= 0.3 is 5.97 Å². The second-order valence-corrected chi connectivity index (χ2v) is 5.31. The molecule has 0 fully saturated rings. The Labute approximate surface area is 128 Å². The second-order valence-electron chi connectivity index (χ2n) is 4.43. The van der Waals surface area contributed by atoms with E-state index >= 15 is 0 Å². The molecule has 2 nitrogen and oxygen atoms in total. The quantitative estimate of drug-likeness (QED) is 0.773. The van der Waals surface area contributed by atoms with E-state index < -0.39 is 11.6 Å². The zero-order valence-corrected chi connectivity index (χ0v) is 12.4. The summed E-state index contributed by atoms with van der Waals surface area (Å²) in [4.78, 5) is 11.4. The van der Waals surface area contributed by atoms with Gasteiger partial charge in [-0.25, -0.2) is 0 Å². The van der Waals surface area contributed by atoms with Crippen LogP contribution in [0.4, 0.5) is 0 Å². The minimum Gasteiger partial charge on any atom is -0.449 e. The predicted molar refractivity (Wildman–Crippen MR) is 80.8 cm³/mol. The lowest BCUT2D eigenvalue weighted by Crippen LogP contribution is -2.30. The number of esters is 1. The van der Waals surface area contributed by atoms with Crippen molar-refractivity contribution in [3.05, 3.63) is 76.6 Å². The molecular weight excluding hydrogens is 295 g/mol. The molecule has 20 heavy (non-hydrogen) atoms. The second kappa shape index (κ2) is 5.86. The number of carbonyl (C=O) groups excluding carboxylic acids is 1. The van der Waals surface area contributed by atoms with Gasteiger partial charge in [-0.3, -0.25) is 4.79 Å². The fraction of sp³-hybridized carbons (Fsp3) is 0.125. The minimum absolute atomic E-state index is 0.412. The lowest BCUT2D eigenvalue weighted by Gasteiger charge is -2.30. The van der Waals surface area contributed by atoms with Crippen LogP contribution in [0.2, 0.25) is 10.0 Å². The van der Waals surface area contributed by atoms with Crippen LogP contribution in [0.3, 0.4) is 0 Å². The zero-order valence-electron chi connectivity index (χ0n) is 10.9. The lowest BCUT2D eigenvalue weighted by molar-refractivity contribution is -0.150. The summed E-state index contributed by atoms with van der Waals surface area (Å²) in [5.41, 5.74) is 0.347. The molecule has 0 amide bonds. The molecule has 2 aromatic rings. The summed E-state index contributed by atoms with van der Waals surface area (Å²) < 4.78 is 5.45. The largest absolute Gasteiger partial charge is 0.449 e. The maximum Gasteiger partial charge on any atom is 0.303 e. The SMILES string of the molecule is [CH2]C(OC(C)=O)(c1ccc(Cl)cc1)c1ccc(Cl)cc1. The Hall–Kier alpha value is -1.51. The van der Waals surface area contributed by atoms with E-state index in [9.17, 15) is 4.79 Å². The van der Waals surface area contributed by atoms with Crippen molar-refractivity contribution < 1.29 is 9.53 Å². The molecule has 0 saturated heterocycles. The van der Waals surface area contributed by atoms with Gasteiger partial charge in [0.05, 0.1) is 0 Å². The molecule has 0 N–H and O–H groups in total. The van der Waals surface area contributed by atoms with Crippen LogP contribution < -0.4 is 0 Å². The standard InChI is InChI=1S/C16H13Cl2O2/c1-11(19)20-16(2,12-3-7-14(17)8-4-12)13-5-9-15(18)10-6-13/h3-10H,2H2,1H3. The van der Waals surface area contributed by atoms with Crippen LogP contribution >= 0.6 is 23.2 Å². The molecule has 0 aromatic heterocycles. The molecule has 2 rings (SSSR count). The van der Waals surface area contributed by atoms with Gasteiger partial charge in [-0.05, 0) is 24.3 Å². The third-order valence-corrected chi connectivity index (χ3v) is 3.44. The number of rotatable bonds is 3. The van der Waals surface area contributed by atoms with Crippen molar-refractivity contribution in [1.29, 1.82) is 0 Å². The molecule has 0 atom stereocenters. The molecule has 0 bridgehead atoms. The highest BCUT2D eigenvalue weighted by Gasteiger charge is 2.32. The molecule has 1 radical (unpaired) electrons. The van der Waals surface area contributed by atoms with Crippen LogP contribution in [-0.4, -0.2) is 5.97 Å². The van der Waals surface area contributed by atoms with Gasteiger partial charge in [-0.2, -0.15) is 0 Å². The first-order valence-electron chi connectivity index (χ1n) is 5.99. The molecule has 0 heterocycles. The van der Waals surface area contributed by atoms with Crippen LogP contribution in [0.25, 0.3) is 0 Å². The van der Waals surface area contributed by atoms with E-state index in [1.807, 2.05) is 0 Å². The first-order valence-corrected chi connectivity index (χ1v) is 6.74. The van der Waals surface area contributed by atoms with E-state index in [2.05, 4.69) is 6.92 Å². The van der Waals surface area contributed by atoms with Gasteiger partial charge < -0.3 is 4.74 Å². The first-order chi connectivity index (χ1) is 9.41. The third-order valence-electron chi connectivity index (χ3n) is 2.94. The molecule has 0 aliphatic carbocycles. The van der Waals surface area contributed by atoms with Crippen LogP contribution in [0, 0.1) is 6.92 Å². The number of halogens is 2. The Balaban J connectivity index is 2.52. The molecule has 0 aliphatic rings. The number of hydrogen-bond acceptors (Lipinski definition) is 2. The molecule has 103 valence electrons. The first kappa shape index (κ1) is 14.9. The number of benzene rings is 2. The van der Waals surface area contributed by atoms with Crippen LogP contribution in [-0.2, 0) is 15.1 Å². The maximum absolute atomic E-state index is 11.4. The summed E-state index contributed by atoms with van der Waals surface area (Å²) in [6.45, 7) is 5.43. The van der Waals surface area contributed by atoms with Crippen molar-refractivity contribution in [2.45, 2.75) is 12.5 Å². The number of ether oxygens (including phenoxy) is 1. The average molecular weight is 308 g/mol. The maximum atomic E-state index is 11.4. The minimum atomic E-state index is -1.12. The average Bonchev–Trinajstić information content (AvgIpc) is 2.39. The van der Waals surface area contributed by atoms with Crippen molar-refractivity contribution in [3.63, 3.8) is 0 Å². The Morgan fingerprint density at radius 2 is 1.30 bits per heavy atom. The molecule has 0 unspecified atom stereocenters. The molecule has 0 saturated carbocycles. The van der Waals surface area contributed by atoms with Crippen molar-refractivity contribution >= 4 is 29.2 Å². The topological polar surface area (TPSA) is 26.3 Å². The van der Waals surface area contributed by atoms with Crippen molar-refractivity contribution in [2.24, 2.45) is 0 Å². The molecule has 2 aromatic carbocycles. The Morgan fingerprint density at radius 1 is 0.950 bits per heavy atom. The van der Waals surface area contributed by atoms with E-state index in [1.165, 1.54) is 6.92 Å². The van der Waals surface area contributed by atoms with Gasteiger partial charge in [0.15, 0.2) is 5.60 Å². The normalized spacial score (nSPS) is 11.2. The van der Waals surface area contributed by atoms with E-state index in [1.54, 1.807) is 48.5 Å². The fourth-order valence-electron chi connectivity index (χ4n) is 1.97. The third kappa shape index (κ3) is 3.14. The van der Waals surface area contributed by atoms with Gasteiger partial charge in [0, 0.05) is 35.0 Å². The summed E-state index contributed by atoms with van der Waals surface area (Å²) in [5.74, 6) is -0.412. The van der Waals surface area contributed by atoms with Gasteiger partial charge in [0.1, 0.15) is 0 Å². The summed E-state index contributed by atoms with van der Waals surface area (Å²) in [6.07, 6.45) is 0. The Kier molecular flexibility index (Phi) is 4.36. The van der Waals surface area contributed by atoms with E-state index in [0.717, 1.165) is 11.1 Å². The summed E-state index contributed by atoms with van der Waals surface area (Å²) >= 11 is 11.8. The Morgan fingerprint density at radius 3 is 1.60 bits per heavy atom. The van der Waals surface area contributed by atoms with E-state index in [4.69, 9.17) is 27.9 Å². The summed E-state index contributed by atoms with van der Waals surface area (Å²) in [6, 6.07) is 14.1. The van der Waals surface area contributed by atoms with Crippen molar-refractivity contribution in [3.8, 4) is 0 Å². The van der Waals surface area contributed by atoms with Gasteiger partial charge in [0.2, 0.25) is 0 Å². The zero-order chi connectivity index (χ0) is 14.8. The van der Waals surface area contributed by atoms with Crippen LogP contribution in [0.5, 0.6) is 0 Å². The van der Waals surface area contributed by atoms with Gasteiger partial charge in [0.25, 0.3) is 0 Å². The van der Waals surface area contributed by atoms with Crippen LogP contribution in [0.1, 0.15) is 18.1 Å². The molecular formula is C16H13Cl2O2. The fourth-order valence-corrected chi connectivity index (χ4v) is 2.22. The Bertz CT molecular complexity index is 558. The van der Waals surface area contributed by atoms with Crippen molar-refractivity contribution in [2.75, 3.05) is 0 Å². The summed E-state index contributed by atoms with van der Waals surface area (Å²) in [7, 11) is 0. The van der Waals surface area contributed by atoms with E-state index in [-0.39, 0.29) is 0 Å². The highest BCUT2D eigenvalue weighted by molar-refractivity contribution is 6.30. The van der Waals surface area contributed by atoms with E-state index in [0.29, 0.717) is 10.0 Å². The highest BCUT2D eigenvalue weighted by atomic mass is 35.5. The van der Waals surface area contributed by atoms with Crippen molar-refractivity contribution in [1.82, 2.24) is 0 Å². The highest BCUT2D eigenvalue weighted by Crippen LogP contribution is 2.34. The predicted octanol–water partition coefficient (Wildman–Crippen LogP) is 4.63. The summed E-state index contributed by atoms with van der Waals surface area (Å²) in [5, 5.41) is 1.21. The van der Waals surface area contributed by atoms with Gasteiger partial charge in [-0.1, -0.05) is 47.5 Å². The monoisotopic (exact) mass is 307 g/mol. The lowest BCUT2D eigenvalue weighted by atomic mass is 9.88. The van der Waals surface area contributed by atoms with Gasteiger partial charge in [-0.15, -0.1) is 0 Å². The number of hydrogen-bond donors (Lipinski definition) is 0. The molecule has 0 spiro atoms. The molecule has 4 heteroatoms. The smallest absolute Gasteiger partial charge is 0.303 e.